The third-order valence-corrected chi connectivity index (χ3v) is 8.35. The van der Waals surface area contributed by atoms with Crippen LogP contribution in [0, 0.1) is 0 Å². The lowest BCUT2D eigenvalue weighted by molar-refractivity contribution is -0.148. The van der Waals surface area contributed by atoms with E-state index in [9.17, 15) is 23.4 Å². The van der Waals surface area contributed by atoms with Crippen molar-refractivity contribution in [2.24, 2.45) is 5.73 Å². The Morgan fingerprint density at radius 3 is 2.80 bits per heavy atom. The van der Waals surface area contributed by atoms with Crippen LogP contribution in [0.5, 0.6) is 0 Å². The van der Waals surface area contributed by atoms with Crippen LogP contribution in [-0.2, 0) is 24.3 Å². The number of imidazole rings is 1. The van der Waals surface area contributed by atoms with Gasteiger partial charge in [0.25, 0.3) is 0 Å². The smallest absolute Gasteiger partial charge is 0.323 e. The maximum atomic E-state index is 13.0. The first-order chi connectivity index (χ1) is 16.7. The highest BCUT2D eigenvalue weighted by Crippen LogP contribution is 2.32. The molecule has 4 rings (SSSR count). The normalized spacial score (nSPS) is 30.1. The van der Waals surface area contributed by atoms with Gasteiger partial charge in [0.2, 0.25) is 10.0 Å². The zero-order valence-electron chi connectivity index (χ0n) is 19.1. The zero-order chi connectivity index (χ0) is 25.3. The number of hydrogen-bond donors (Lipinski definition) is 5. The standard InChI is InChI=1S/C19H30N8O7S/c1-33-19(30)11-6-10(2-4-26(11)5-3-20)35(31,32)25-7-12-14(28)15(29)18(34-12)27-9-24-13-16(21)22-8-23-17(13)27/h8-12,14-15,18,25,28-29H,2-7,20H2,1H3,(H2,21,22,23)/t10?,11?,12-,14?,15?,18-/m1/s1. The van der Waals surface area contributed by atoms with Gasteiger partial charge < -0.3 is 31.2 Å². The number of nitrogens with two attached hydrogens (primary N) is 2. The summed E-state index contributed by atoms with van der Waals surface area (Å²) in [6.45, 7) is 0.854. The molecule has 2 aromatic rings. The van der Waals surface area contributed by atoms with Crippen molar-refractivity contribution >= 4 is 33.0 Å². The number of nitrogens with zero attached hydrogens (tertiary/aromatic N) is 5. The number of aromatic nitrogens is 4. The van der Waals surface area contributed by atoms with E-state index in [-0.39, 0.29) is 18.8 Å². The summed E-state index contributed by atoms with van der Waals surface area (Å²) in [5, 5.41) is 20.2. The topological polar surface area (TPSA) is 221 Å². The molecule has 0 radical (unpaired) electrons. The second-order valence-electron chi connectivity index (χ2n) is 8.53. The van der Waals surface area contributed by atoms with E-state index in [0.717, 1.165) is 0 Å². The quantitative estimate of drug-likeness (QED) is 0.221. The molecule has 2 aliphatic heterocycles. The van der Waals surface area contributed by atoms with Crippen molar-refractivity contribution in [2.45, 2.75) is 48.7 Å². The van der Waals surface area contributed by atoms with Gasteiger partial charge in [0.1, 0.15) is 36.2 Å². The van der Waals surface area contributed by atoms with Crippen molar-refractivity contribution in [3.05, 3.63) is 12.7 Å². The number of carbonyl (C=O) groups excluding carboxylic acids is 1. The third kappa shape index (κ3) is 4.95. The summed E-state index contributed by atoms with van der Waals surface area (Å²) in [5.74, 6) is -0.371. The Morgan fingerprint density at radius 1 is 1.31 bits per heavy atom. The van der Waals surface area contributed by atoms with Gasteiger partial charge in [0, 0.05) is 26.2 Å². The number of carbonyl (C=O) groups is 1. The predicted octanol–water partition coefficient (Wildman–Crippen LogP) is -3.09. The second kappa shape index (κ2) is 10.3. The Kier molecular flexibility index (Phi) is 7.51. The van der Waals surface area contributed by atoms with Crippen LogP contribution in [0.15, 0.2) is 12.7 Å². The summed E-state index contributed by atoms with van der Waals surface area (Å²) in [6.07, 6.45) is -1.94. The molecule has 0 aliphatic carbocycles. The number of nitrogens with one attached hydrogen (secondary N) is 1. The first-order valence-electron chi connectivity index (χ1n) is 11.1. The number of methoxy groups -OCH3 is 1. The predicted molar refractivity (Wildman–Crippen MR) is 122 cm³/mol. The van der Waals surface area contributed by atoms with Crippen LogP contribution >= 0.6 is 0 Å². The minimum atomic E-state index is -3.88. The average Bonchev–Trinajstić information content (AvgIpc) is 3.39. The van der Waals surface area contributed by atoms with E-state index in [1.807, 2.05) is 4.90 Å². The van der Waals surface area contributed by atoms with Crippen molar-refractivity contribution < 1.29 is 32.9 Å². The van der Waals surface area contributed by atoms with E-state index in [1.54, 1.807) is 0 Å². The van der Waals surface area contributed by atoms with Gasteiger partial charge in [-0.05, 0) is 12.8 Å². The number of fused-ring (bicyclic) bond motifs is 1. The molecule has 7 N–H and O–H groups in total. The fourth-order valence-electron chi connectivity index (χ4n) is 4.58. The number of rotatable bonds is 8. The number of hydrogen-bond acceptors (Lipinski definition) is 13. The average molecular weight is 515 g/mol. The molecule has 4 heterocycles. The SMILES string of the molecule is COC(=O)C1CC(S(=O)(=O)NC[C@H]2O[C@@H](n3cnc4c(N)ncnc43)C(O)C2O)CCN1CCN. The number of nitrogen functional groups attached to an aromatic ring is 1. The highest BCUT2D eigenvalue weighted by atomic mass is 32.2. The number of sulfonamides is 1. The molecule has 0 aromatic carbocycles. The lowest BCUT2D eigenvalue weighted by atomic mass is 10.0. The van der Waals surface area contributed by atoms with E-state index in [1.165, 1.54) is 24.3 Å². The van der Waals surface area contributed by atoms with Crippen LogP contribution in [0.4, 0.5) is 5.82 Å². The number of aliphatic hydroxyl groups excluding tert-OH is 2. The molecule has 6 atom stereocenters. The Bertz CT molecular complexity index is 1160. The molecular weight excluding hydrogens is 484 g/mol. The minimum Gasteiger partial charge on any atom is -0.468 e. The molecule has 2 saturated heterocycles. The summed E-state index contributed by atoms with van der Waals surface area (Å²) >= 11 is 0. The molecule has 0 amide bonds. The summed E-state index contributed by atoms with van der Waals surface area (Å²) in [6, 6.07) is -0.720. The van der Waals surface area contributed by atoms with E-state index < -0.39 is 51.8 Å². The van der Waals surface area contributed by atoms with E-state index in [0.29, 0.717) is 37.2 Å². The Hall–Kier alpha value is -2.47. The number of anilines is 1. The van der Waals surface area contributed by atoms with Gasteiger partial charge in [-0.2, -0.15) is 0 Å². The fourth-order valence-corrected chi connectivity index (χ4v) is 6.06. The second-order valence-corrected chi connectivity index (χ2v) is 10.6. The number of ether oxygens (including phenoxy) is 2. The van der Waals surface area contributed by atoms with E-state index in [4.69, 9.17) is 20.9 Å². The van der Waals surface area contributed by atoms with Crippen LogP contribution in [-0.4, -0.2) is 112 Å². The van der Waals surface area contributed by atoms with Crippen molar-refractivity contribution in [3.8, 4) is 0 Å². The van der Waals surface area contributed by atoms with Gasteiger partial charge in [-0.3, -0.25) is 14.3 Å². The first kappa shape index (κ1) is 25.6. The molecule has 0 spiro atoms. The van der Waals surface area contributed by atoms with Gasteiger partial charge in [-0.25, -0.2) is 28.1 Å². The minimum absolute atomic E-state index is 0.0451. The molecule has 194 valence electrons. The maximum absolute atomic E-state index is 13.0. The summed E-state index contributed by atoms with van der Waals surface area (Å²) < 4.78 is 40.5. The van der Waals surface area contributed by atoms with Crippen molar-refractivity contribution in [1.29, 1.82) is 0 Å². The van der Waals surface area contributed by atoms with Crippen molar-refractivity contribution in [2.75, 3.05) is 39.0 Å². The van der Waals surface area contributed by atoms with Crippen LogP contribution in [0.3, 0.4) is 0 Å². The van der Waals surface area contributed by atoms with Gasteiger partial charge in [0.15, 0.2) is 17.7 Å². The van der Waals surface area contributed by atoms with Crippen molar-refractivity contribution in [3.63, 3.8) is 0 Å². The van der Waals surface area contributed by atoms with Gasteiger partial charge in [-0.15, -0.1) is 0 Å². The number of piperidine rings is 1. The maximum Gasteiger partial charge on any atom is 0.323 e. The molecule has 0 saturated carbocycles. The lowest BCUT2D eigenvalue weighted by Crippen LogP contribution is -2.54. The van der Waals surface area contributed by atoms with Gasteiger partial charge in [-0.1, -0.05) is 0 Å². The van der Waals surface area contributed by atoms with Gasteiger partial charge >= 0.3 is 5.97 Å². The molecule has 16 heteroatoms. The summed E-state index contributed by atoms with van der Waals surface area (Å²) in [4.78, 5) is 26.1. The molecule has 2 aliphatic rings. The molecule has 4 unspecified atom stereocenters. The van der Waals surface area contributed by atoms with Crippen LogP contribution in [0.1, 0.15) is 19.1 Å². The Labute approximate surface area is 201 Å². The van der Waals surface area contributed by atoms with Gasteiger partial charge in [0.05, 0.1) is 18.7 Å². The molecule has 15 nitrogen and oxygen atoms in total. The summed E-state index contributed by atoms with van der Waals surface area (Å²) in [7, 11) is -2.63. The number of aliphatic hydroxyl groups is 2. The Morgan fingerprint density at radius 2 is 2.09 bits per heavy atom. The highest BCUT2D eigenvalue weighted by molar-refractivity contribution is 7.90. The Balaban J connectivity index is 1.43. The highest BCUT2D eigenvalue weighted by Gasteiger charge is 2.45. The fraction of sp³-hybridized carbons (Fsp3) is 0.684. The third-order valence-electron chi connectivity index (χ3n) is 6.48. The van der Waals surface area contributed by atoms with E-state index >= 15 is 0 Å². The first-order valence-corrected chi connectivity index (χ1v) is 12.7. The molecular formula is C19H30N8O7S. The zero-order valence-corrected chi connectivity index (χ0v) is 19.9. The lowest BCUT2D eigenvalue weighted by Gasteiger charge is -2.37. The molecule has 2 aromatic heterocycles. The van der Waals surface area contributed by atoms with Crippen molar-refractivity contribution in [1.82, 2.24) is 29.1 Å². The summed E-state index contributed by atoms with van der Waals surface area (Å²) in [5.41, 5.74) is 12.0. The molecule has 2 fully saturated rings. The van der Waals surface area contributed by atoms with Crippen LogP contribution in [0.2, 0.25) is 0 Å². The van der Waals surface area contributed by atoms with Crippen LogP contribution < -0.4 is 16.2 Å². The number of likely N-dealkylation sites (tertiary alicyclic amines) is 1. The van der Waals surface area contributed by atoms with E-state index in [2.05, 4.69) is 19.7 Å². The largest absolute Gasteiger partial charge is 0.468 e. The number of esters is 1. The molecule has 0 bridgehead atoms. The monoisotopic (exact) mass is 514 g/mol. The molecule has 35 heavy (non-hydrogen) atoms. The van der Waals surface area contributed by atoms with Crippen LogP contribution in [0.25, 0.3) is 11.2 Å².